The Morgan fingerprint density at radius 3 is 2.50 bits per heavy atom. The Morgan fingerprint density at radius 1 is 1.17 bits per heavy atom. The second kappa shape index (κ2) is 9.61. The molecule has 1 heterocycles. The van der Waals surface area contributed by atoms with E-state index in [1.807, 2.05) is 30.3 Å². The second-order valence-electron chi connectivity index (χ2n) is 7.77. The fourth-order valence-electron chi connectivity index (χ4n) is 3.71. The van der Waals surface area contributed by atoms with Crippen LogP contribution in [0.5, 0.6) is 0 Å². The number of nitriles is 1. The molecule has 7 heteroatoms. The van der Waals surface area contributed by atoms with Crippen LogP contribution in [0.15, 0.2) is 41.3 Å². The molecule has 0 aromatic heterocycles. The first-order chi connectivity index (χ1) is 14.4. The molecule has 1 atom stereocenters. The molecule has 30 heavy (non-hydrogen) atoms. The average Bonchev–Trinajstić information content (AvgIpc) is 2.77. The fourth-order valence-corrected chi connectivity index (χ4v) is 4.91. The zero-order chi connectivity index (χ0) is 21.7. The second-order valence-corrected chi connectivity index (χ2v) is 9.48. The van der Waals surface area contributed by atoms with E-state index in [9.17, 15) is 18.8 Å². The minimum absolute atomic E-state index is 0.117. The van der Waals surface area contributed by atoms with Crippen LogP contribution in [-0.2, 0) is 10.0 Å². The van der Waals surface area contributed by atoms with E-state index in [1.54, 1.807) is 13.8 Å². The van der Waals surface area contributed by atoms with Crippen LogP contribution in [0.2, 0.25) is 0 Å². The largest absolute Gasteiger partial charge is 0.392 e. The van der Waals surface area contributed by atoms with Crippen molar-refractivity contribution in [2.75, 3.05) is 24.5 Å². The summed E-state index contributed by atoms with van der Waals surface area (Å²) in [5.41, 5.74) is 2.28. The van der Waals surface area contributed by atoms with E-state index in [1.165, 1.54) is 24.9 Å². The van der Waals surface area contributed by atoms with Crippen LogP contribution in [0, 0.1) is 11.3 Å². The van der Waals surface area contributed by atoms with Gasteiger partial charge >= 0.3 is 0 Å². The normalized spacial score (nSPS) is 16.8. The van der Waals surface area contributed by atoms with Crippen LogP contribution in [0.1, 0.15) is 45.1 Å². The summed E-state index contributed by atoms with van der Waals surface area (Å²) in [5, 5.41) is 21.2. The number of benzene rings is 2. The molecule has 1 aliphatic heterocycles. The van der Waals surface area contributed by atoms with Crippen molar-refractivity contribution in [2.24, 2.45) is 0 Å². The van der Waals surface area contributed by atoms with Crippen LogP contribution in [0.4, 0.5) is 5.69 Å². The van der Waals surface area contributed by atoms with Crippen LogP contribution in [-0.4, -0.2) is 39.3 Å². The summed E-state index contributed by atoms with van der Waals surface area (Å²) < 4.78 is 27.5. The molecule has 2 N–H and O–H groups in total. The highest BCUT2D eigenvalue weighted by Crippen LogP contribution is 2.29. The number of allylic oxidation sites excluding steroid dienone is 2. The average molecular weight is 428 g/mol. The van der Waals surface area contributed by atoms with Crippen molar-refractivity contribution in [3.05, 3.63) is 46.9 Å². The van der Waals surface area contributed by atoms with E-state index >= 15 is 0 Å². The maximum Gasteiger partial charge on any atom is 0.251 e. The van der Waals surface area contributed by atoms with Gasteiger partial charge in [0, 0.05) is 25.3 Å². The Labute approximate surface area is 178 Å². The summed E-state index contributed by atoms with van der Waals surface area (Å²) in [6, 6.07) is 13.9. The van der Waals surface area contributed by atoms with Gasteiger partial charge in [0.2, 0.25) is 0 Å². The highest BCUT2D eigenvalue weighted by molar-refractivity contribution is 7.93. The first-order valence-electron chi connectivity index (χ1n) is 10.4. The summed E-state index contributed by atoms with van der Waals surface area (Å²) in [4.78, 5) is 2.08. The van der Waals surface area contributed by atoms with Gasteiger partial charge in [-0.25, -0.2) is 13.1 Å². The standard InChI is InChI=1S/C23H29N3O3S/c1-3-22(27)16-25-30(28,29)23(15-24)17(2)18-7-8-20-14-21(10-9-19(20)13-18)26-11-5-4-6-12-26/h7-10,13-14,22,25,27H,3-6,11-12,16H2,1-2H3/b23-17+. The Bertz CT molecular complexity index is 1080. The van der Waals surface area contributed by atoms with Crippen LogP contribution < -0.4 is 9.62 Å². The van der Waals surface area contributed by atoms with E-state index in [0.717, 1.165) is 23.9 Å². The predicted molar refractivity (Wildman–Crippen MR) is 121 cm³/mol. The molecule has 1 fully saturated rings. The van der Waals surface area contributed by atoms with Gasteiger partial charge in [0.05, 0.1) is 6.10 Å². The van der Waals surface area contributed by atoms with Gasteiger partial charge in [-0.2, -0.15) is 5.26 Å². The molecular formula is C23H29N3O3S. The Hall–Kier alpha value is -2.40. The van der Waals surface area contributed by atoms with Gasteiger partial charge in [0.15, 0.2) is 4.91 Å². The van der Waals surface area contributed by atoms with Gasteiger partial charge in [0.25, 0.3) is 10.0 Å². The number of rotatable bonds is 7. The van der Waals surface area contributed by atoms with Crippen molar-refractivity contribution in [2.45, 2.75) is 45.6 Å². The minimum Gasteiger partial charge on any atom is -0.392 e. The molecule has 0 bridgehead atoms. The smallest absolute Gasteiger partial charge is 0.251 e. The third-order valence-corrected chi connectivity index (χ3v) is 7.15. The number of aliphatic hydroxyl groups is 1. The summed E-state index contributed by atoms with van der Waals surface area (Å²) in [6.07, 6.45) is 3.37. The predicted octanol–water partition coefficient (Wildman–Crippen LogP) is 3.77. The third kappa shape index (κ3) is 5.01. The zero-order valence-electron chi connectivity index (χ0n) is 17.6. The van der Waals surface area contributed by atoms with E-state index in [0.29, 0.717) is 17.6 Å². The lowest BCUT2D eigenvalue weighted by Crippen LogP contribution is -2.32. The number of aliphatic hydroxyl groups excluding tert-OH is 1. The molecule has 160 valence electrons. The molecule has 0 aliphatic carbocycles. The molecule has 2 aromatic carbocycles. The minimum atomic E-state index is -4.00. The monoisotopic (exact) mass is 427 g/mol. The number of sulfonamides is 1. The topological polar surface area (TPSA) is 93.4 Å². The molecule has 1 unspecified atom stereocenters. The van der Waals surface area contributed by atoms with Crippen molar-refractivity contribution in [1.29, 1.82) is 5.26 Å². The maximum atomic E-state index is 12.6. The first-order valence-corrected chi connectivity index (χ1v) is 11.9. The van der Waals surface area contributed by atoms with Gasteiger partial charge in [-0.1, -0.05) is 25.1 Å². The number of piperidine rings is 1. The molecule has 1 aliphatic rings. The van der Waals surface area contributed by atoms with Gasteiger partial charge in [-0.15, -0.1) is 0 Å². The summed E-state index contributed by atoms with van der Waals surface area (Å²) >= 11 is 0. The number of hydrogen-bond donors (Lipinski definition) is 2. The third-order valence-electron chi connectivity index (χ3n) is 5.67. The van der Waals surface area contributed by atoms with Crippen molar-refractivity contribution >= 4 is 32.1 Å². The number of fused-ring (bicyclic) bond motifs is 1. The van der Waals surface area contributed by atoms with Crippen LogP contribution in [0.25, 0.3) is 16.3 Å². The quantitative estimate of drug-likeness (QED) is 0.656. The highest BCUT2D eigenvalue weighted by Gasteiger charge is 2.22. The lowest BCUT2D eigenvalue weighted by atomic mass is 10.0. The zero-order valence-corrected chi connectivity index (χ0v) is 18.4. The number of hydrogen-bond acceptors (Lipinski definition) is 5. The first kappa shape index (κ1) is 22.3. The van der Waals surface area contributed by atoms with Crippen molar-refractivity contribution in [3.63, 3.8) is 0 Å². The Morgan fingerprint density at radius 2 is 1.83 bits per heavy atom. The van der Waals surface area contributed by atoms with E-state index in [2.05, 4.69) is 21.8 Å². The van der Waals surface area contributed by atoms with Gasteiger partial charge < -0.3 is 10.0 Å². The molecule has 0 saturated carbocycles. The lowest BCUT2D eigenvalue weighted by Gasteiger charge is -2.29. The van der Waals surface area contributed by atoms with Crippen molar-refractivity contribution in [1.82, 2.24) is 4.72 Å². The molecule has 3 rings (SSSR count). The maximum absolute atomic E-state index is 12.6. The molecular weight excluding hydrogens is 398 g/mol. The van der Waals surface area contributed by atoms with Gasteiger partial charge in [-0.3, -0.25) is 0 Å². The van der Waals surface area contributed by atoms with E-state index < -0.39 is 16.1 Å². The van der Waals surface area contributed by atoms with Crippen LogP contribution in [0.3, 0.4) is 0 Å². The molecule has 0 amide bonds. The Balaban J connectivity index is 1.91. The highest BCUT2D eigenvalue weighted by atomic mass is 32.2. The molecule has 6 nitrogen and oxygen atoms in total. The lowest BCUT2D eigenvalue weighted by molar-refractivity contribution is 0.174. The number of anilines is 1. The number of nitrogens with one attached hydrogen (secondary N) is 1. The fraction of sp³-hybridized carbons (Fsp3) is 0.435. The van der Waals surface area contributed by atoms with E-state index in [-0.39, 0.29) is 11.4 Å². The summed E-state index contributed by atoms with van der Waals surface area (Å²) in [5.74, 6) is 0. The van der Waals surface area contributed by atoms with E-state index in [4.69, 9.17) is 0 Å². The molecule has 1 saturated heterocycles. The van der Waals surface area contributed by atoms with Gasteiger partial charge in [-0.05, 0) is 72.7 Å². The summed E-state index contributed by atoms with van der Waals surface area (Å²) in [6.45, 7) is 5.44. The number of nitrogens with zero attached hydrogens (tertiary/aromatic N) is 2. The van der Waals surface area contributed by atoms with Crippen molar-refractivity contribution < 1.29 is 13.5 Å². The Kier molecular flexibility index (Phi) is 7.14. The van der Waals surface area contributed by atoms with Crippen molar-refractivity contribution in [3.8, 4) is 6.07 Å². The molecule has 2 aromatic rings. The molecule has 0 radical (unpaired) electrons. The van der Waals surface area contributed by atoms with Crippen LogP contribution >= 0.6 is 0 Å². The summed E-state index contributed by atoms with van der Waals surface area (Å²) in [7, 11) is -4.00. The SMILES string of the molecule is CCC(O)CNS(=O)(=O)/C(C#N)=C(\C)c1ccc2cc(N3CCCCC3)ccc2c1. The molecule has 0 spiro atoms. The van der Waals surface area contributed by atoms with Gasteiger partial charge in [0.1, 0.15) is 6.07 Å².